The van der Waals surface area contributed by atoms with Crippen molar-refractivity contribution in [3.8, 4) is 0 Å². The zero-order chi connectivity index (χ0) is 16.7. The molecule has 0 aromatic carbocycles. The molecule has 5 heteroatoms. The van der Waals surface area contributed by atoms with E-state index in [1.807, 2.05) is 13.1 Å². The molecule has 2 rings (SSSR count). The predicted molar refractivity (Wildman–Crippen MR) is 113 cm³/mol. The number of nitrogens with zero attached hydrogens (tertiary/aromatic N) is 2. The highest BCUT2D eigenvalue weighted by Gasteiger charge is 2.27. The Hall–Kier alpha value is -0.850. The van der Waals surface area contributed by atoms with E-state index in [1.54, 1.807) is 0 Å². The molecule has 1 aromatic heterocycles. The maximum atomic E-state index is 4.73. The third kappa shape index (κ3) is 7.36. The van der Waals surface area contributed by atoms with Crippen LogP contribution >= 0.6 is 24.0 Å². The molecule has 0 amide bonds. The second-order valence-electron chi connectivity index (χ2n) is 7.40. The van der Waals surface area contributed by atoms with Crippen molar-refractivity contribution in [1.82, 2.24) is 15.6 Å². The average Bonchev–Trinajstić information content (AvgIpc) is 2.51. The molecule has 4 nitrogen and oxygen atoms in total. The third-order valence-corrected chi connectivity index (χ3v) is 4.67. The molecule has 0 bridgehead atoms. The minimum absolute atomic E-state index is 0. The normalized spacial score (nSPS) is 17.9. The molecule has 0 saturated heterocycles. The Morgan fingerprint density at radius 1 is 1.29 bits per heavy atom. The van der Waals surface area contributed by atoms with Crippen LogP contribution in [0, 0.1) is 12.3 Å². The molecule has 0 aliphatic heterocycles. The van der Waals surface area contributed by atoms with E-state index >= 15 is 0 Å². The van der Waals surface area contributed by atoms with Gasteiger partial charge in [-0.25, -0.2) is 0 Å². The van der Waals surface area contributed by atoms with Gasteiger partial charge in [-0.05, 0) is 63.0 Å². The van der Waals surface area contributed by atoms with Crippen LogP contribution in [0.15, 0.2) is 23.3 Å². The summed E-state index contributed by atoms with van der Waals surface area (Å²) < 4.78 is 0. The highest BCUT2D eigenvalue weighted by molar-refractivity contribution is 14.0. The number of aromatic nitrogens is 1. The first-order valence-corrected chi connectivity index (χ1v) is 8.95. The molecule has 1 saturated carbocycles. The molecule has 1 aromatic rings. The van der Waals surface area contributed by atoms with E-state index in [9.17, 15) is 0 Å². The van der Waals surface area contributed by atoms with Crippen molar-refractivity contribution in [2.24, 2.45) is 10.4 Å². The summed E-state index contributed by atoms with van der Waals surface area (Å²) in [5, 5.41) is 6.98. The monoisotopic (exact) mass is 444 g/mol. The molecule has 136 valence electrons. The molecule has 2 N–H and O–H groups in total. The summed E-state index contributed by atoms with van der Waals surface area (Å²) in [6.45, 7) is 10.6. The molecule has 0 spiro atoms. The fourth-order valence-electron chi connectivity index (χ4n) is 3.00. The maximum Gasteiger partial charge on any atom is 0.191 e. The van der Waals surface area contributed by atoms with Crippen LogP contribution in [0.3, 0.4) is 0 Å². The first-order chi connectivity index (χ1) is 11.0. The van der Waals surface area contributed by atoms with E-state index in [-0.39, 0.29) is 24.0 Å². The van der Waals surface area contributed by atoms with Gasteiger partial charge in [0.2, 0.25) is 0 Å². The van der Waals surface area contributed by atoms with Crippen molar-refractivity contribution < 1.29 is 0 Å². The van der Waals surface area contributed by atoms with Crippen molar-refractivity contribution in [3.63, 3.8) is 0 Å². The van der Waals surface area contributed by atoms with E-state index in [0.717, 1.165) is 31.2 Å². The largest absolute Gasteiger partial charge is 0.357 e. The van der Waals surface area contributed by atoms with Crippen molar-refractivity contribution in [3.05, 3.63) is 29.6 Å². The standard InChI is InChI=1S/C19H32N4.HI/c1-5-20-18(23-17-8-11-19(3,4)12-9-17)21-13-10-16-7-6-15(2)22-14-16;/h6-7,14,17H,5,8-13H2,1-4H3,(H2,20,21,23);1H. The van der Waals surface area contributed by atoms with Gasteiger partial charge in [0.25, 0.3) is 0 Å². The lowest BCUT2D eigenvalue weighted by molar-refractivity contribution is 0.216. The van der Waals surface area contributed by atoms with Crippen LogP contribution in [-0.2, 0) is 6.42 Å². The Kier molecular flexibility index (Phi) is 9.02. The maximum absolute atomic E-state index is 4.73. The molecule has 0 radical (unpaired) electrons. The summed E-state index contributed by atoms with van der Waals surface area (Å²) in [6, 6.07) is 4.76. The van der Waals surface area contributed by atoms with Crippen molar-refractivity contribution in [2.45, 2.75) is 65.8 Å². The van der Waals surface area contributed by atoms with Gasteiger partial charge in [-0.3, -0.25) is 9.98 Å². The van der Waals surface area contributed by atoms with Gasteiger partial charge in [-0.15, -0.1) is 24.0 Å². The summed E-state index contributed by atoms with van der Waals surface area (Å²) >= 11 is 0. The molecular formula is C19H33IN4. The summed E-state index contributed by atoms with van der Waals surface area (Å²) in [4.78, 5) is 9.07. The van der Waals surface area contributed by atoms with Gasteiger partial charge >= 0.3 is 0 Å². The quantitative estimate of drug-likeness (QED) is 0.409. The zero-order valence-corrected chi connectivity index (χ0v) is 17.9. The molecule has 0 atom stereocenters. The van der Waals surface area contributed by atoms with Crippen LogP contribution in [0.5, 0.6) is 0 Å². The molecule has 1 aliphatic carbocycles. The summed E-state index contributed by atoms with van der Waals surface area (Å²) in [5.41, 5.74) is 2.81. The van der Waals surface area contributed by atoms with Crippen molar-refractivity contribution in [2.75, 3.05) is 13.1 Å². The number of hydrogen-bond acceptors (Lipinski definition) is 2. The number of aliphatic imine (C=N–C) groups is 1. The van der Waals surface area contributed by atoms with Gasteiger partial charge in [0, 0.05) is 31.0 Å². The van der Waals surface area contributed by atoms with Gasteiger partial charge < -0.3 is 10.6 Å². The number of guanidine groups is 1. The molecule has 0 unspecified atom stereocenters. The first kappa shape index (κ1) is 21.2. The Balaban J connectivity index is 0.00000288. The average molecular weight is 444 g/mol. The van der Waals surface area contributed by atoms with Crippen LogP contribution in [0.2, 0.25) is 0 Å². The summed E-state index contributed by atoms with van der Waals surface area (Å²) in [5.74, 6) is 0.956. The highest BCUT2D eigenvalue weighted by Crippen LogP contribution is 2.34. The minimum atomic E-state index is 0. The Morgan fingerprint density at radius 3 is 2.58 bits per heavy atom. The lowest BCUT2D eigenvalue weighted by atomic mass is 9.75. The third-order valence-electron chi connectivity index (χ3n) is 4.67. The van der Waals surface area contributed by atoms with E-state index in [1.165, 1.54) is 31.2 Å². The Bertz CT molecular complexity index is 501. The van der Waals surface area contributed by atoms with Gasteiger partial charge in [-0.2, -0.15) is 0 Å². The number of nitrogens with one attached hydrogen (secondary N) is 2. The van der Waals surface area contributed by atoms with Gasteiger partial charge in [0.1, 0.15) is 0 Å². The molecule has 1 fully saturated rings. The van der Waals surface area contributed by atoms with E-state index in [0.29, 0.717) is 11.5 Å². The van der Waals surface area contributed by atoms with Crippen LogP contribution < -0.4 is 10.6 Å². The highest BCUT2D eigenvalue weighted by atomic mass is 127. The Morgan fingerprint density at radius 2 is 2.00 bits per heavy atom. The number of pyridine rings is 1. The van der Waals surface area contributed by atoms with E-state index in [4.69, 9.17) is 4.99 Å². The molecule has 1 aliphatic rings. The van der Waals surface area contributed by atoms with Gasteiger partial charge in [0.05, 0.1) is 0 Å². The minimum Gasteiger partial charge on any atom is -0.357 e. The number of halogens is 1. The molecular weight excluding hydrogens is 411 g/mol. The number of rotatable bonds is 5. The molecule has 1 heterocycles. The van der Waals surface area contributed by atoms with Crippen LogP contribution in [0.1, 0.15) is 57.7 Å². The fraction of sp³-hybridized carbons (Fsp3) is 0.684. The fourth-order valence-corrected chi connectivity index (χ4v) is 3.00. The summed E-state index contributed by atoms with van der Waals surface area (Å²) in [7, 11) is 0. The van der Waals surface area contributed by atoms with Gasteiger partial charge in [0.15, 0.2) is 5.96 Å². The SMILES string of the molecule is CCNC(=NCCc1ccc(C)nc1)NC1CCC(C)(C)CC1.I. The van der Waals surface area contributed by atoms with Gasteiger partial charge in [-0.1, -0.05) is 19.9 Å². The van der Waals surface area contributed by atoms with Crippen LogP contribution in [0.4, 0.5) is 0 Å². The van der Waals surface area contributed by atoms with E-state index in [2.05, 4.69) is 48.5 Å². The first-order valence-electron chi connectivity index (χ1n) is 8.95. The van der Waals surface area contributed by atoms with Crippen molar-refractivity contribution >= 4 is 29.9 Å². The lowest BCUT2D eigenvalue weighted by Crippen LogP contribution is -2.45. The number of hydrogen-bond donors (Lipinski definition) is 2. The lowest BCUT2D eigenvalue weighted by Gasteiger charge is -2.35. The Labute approximate surface area is 164 Å². The summed E-state index contributed by atoms with van der Waals surface area (Å²) in [6.07, 6.45) is 7.94. The smallest absolute Gasteiger partial charge is 0.191 e. The topological polar surface area (TPSA) is 49.3 Å². The second kappa shape index (κ2) is 10.2. The van der Waals surface area contributed by atoms with Crippen LogP contribution in [0.25, 0.3) is 0 Å². The predicted octanol–water partition coefficient (Wildman–Crippen LogP) is 4.07. The number of aryl methyl sites for hydroxylation is 1. The second-order valence-corrected chi connectivity index (χ2v) is 7.40. The zero-order valence-electron chi connectivity index (χ0n) is 15.6. The van der Waals surface area contributed by atoms with Crippen molar-refractivity contribution in [1.29, 1.82) is 0 Å². The van der Waals surface area contributed by atoms with E-state index < -0.39 is 0 Å². The molecule has 24 heavy (non-hydrogen) atoms. The van der Waals surface area contributed by atoms with Crippen LogP contribution in [-0.4, -0.2) is 30.1 Å².